The summed E-state index contributed by atoms with van der Waals surface area (Å²) in [7, 11) is 0. The van der Waals surface area contributed by atoms with Crippen LogP contribution in [0.3, 0.4) is 0 Å². The van der Waals surface area contributed by atoms with Gasteiger partial charge in [0.15, 0.2) is 0 Å². The summed E-state index contributed by atoms with van der Waals surface area (Å²) in [5, 5.41) is 11.1. The van der Waals surface area contributed by atoms with Gasteiger partial charge in [0, 0.05) is 26.0 Å². The lowest BCUT2D eigenvalue weighted by atomic mass is 10.4. The van der Waals surface area contributed by atoms with Crippen LogP contribution in [0.1, 0.15) is 13.3 Å². The van der Waals surface area contributed by atoms with Crippen molar-refractivity contribution in [3.8, 4) is 5.88 Å². The molecule has 1 amide bonds. The van der Waals surface area contributed by atoms with Crippen LogP contribution in [0.2, 0.25) is 0 Å². The number of carbonyl (C=O) groups excluding carboxylic acids is 1. The van der Waals surface area contributed by atoms with Crippen LogP contribution >= 0.6 is 0 Å². The van der Waals surface area contributed by atoms with E-state index in [1.807, 2.05) is 0 Å². The van der Waals surface area contributed by atoms with Crippen molar-refractivity contribution in [2.45, 2.75) is 13.3 Å². The lowest BCUT2D eigenvalue weighted by Crippen LogP contribution is -2.08. The van der Waals surface area contributed by atoms with Crippen molar-refractivity contribution in [1.29, 1.82) is 0 Å². The summed E-state index contributed by atoms with van der Waals surface area (Å²) in [5.74, 6) is 0.730. The third-order valence-corrected chi connectivity index (χ3v) is 1.58. The number of carbonyl (C=O) groups is 1. The van der Waals surface area contributed by atoms with Crippen molar-refractivity contribution in [2.24, 2.45) is 0 Å². The number of aromatic nitrogens is 1. The molecule has 0 fully saturated rings. The molecule has 0 bridgehead atoms. The van der Waals surface area contributed by atoms with Gasteiger partial charge in [-0.25, -0.2) is 0 Å². The second-order valence-electron chi connectivity index (χ2n) is 2.97. The number of pyridine rings is 1. The molecule has 5 nitrogen and oxygen atoms in total. The van der Waals surface area contributed by atoms with Crippen molar-refractivity contribution in [2.75, 3.05) is 18.5 Å². The number of ether oxygens (including phenoxy) is 1. The van der Waals surface area contributed by atoms with Crippen LogP contribution in [0, 0.1) is 0 Å². The number of anilines is 1. The number of hydrogen-bond donors (Lipinski definition) is 2. The average molecular weight is 210 g/mol. The minimum absolute atomic E-state index is 0.0887. The Balaban J connectivity index is 2.53. The van der Waals surface area contributed by atoms with Gasteiger partial charge in [-0.1, -0.05) is 6.07 Å². The van der Waals surface area contributed by atoms with Gasteiger partial charge in [0.2, 0.25) is 11.8 Å². The zero-order valence-electron chi connectivity index (χ0n) is 8.56. The Morgan fingerprint density at radius 1 is 1.60 bits per heavy atom. The zero-order valence-corrected chi connectivity index (χ0v) is 8.56. The Labute approximate surface area is 88.1 Å². The summed E-state index contributed by atoms with van der Waals surface area (Å²) >= 11 is 0. The summed E-state index contributed by atoms with van der Waals surface area (Å²) in [4.78, 5) is 14.8. The predicted molar refractivity (Wildman–Crippen MR) is 55.7 cm³/mol. The fraction of sp³-hybridized carbons (Fsp3) is 0.400. The zero-order chi connectivity index (χ0) is 11.1. The van der Waals surface area contributed by atoms with Gasteiger partial charge in [0.05, 0.1) is 6.61 Å². The van der Waals surface area contributed by atoms with E-state index in [0.717, 1.165) is 0 Å². The highest BCUT2D eigenvalue weighted by Gasteiger charge is 1.99. The van der Waals surface area contributed by atoms with E-state index in [0.29, 0.717) is 24.7 Å². The van der Waals surface area contributed by atoms with Gasteiger partial charge in [-0.2, -0.15) is 4.98 Å². The molecule has 1 rings (SSSR count). The molecule has 0 atom stereocenters. The maximum Gasteiger partial charge on any atom is 0.222 e. The lowest BCUT2D eigenvalue weighted by molar-refractivity contribution is -0.114. The van der Waals surface area contributed by atoms with Crippen LogP contribution in [0.4, 0.5) is 5.82 Å². The summed E-state index contributed by atoms with van der Waals surface area (Å²) in [6.07, 6.45) is 0.562. The Bertz CT molecular complexity index is 328. The van der Waals surface area contributed by atoms with Crippen molar-refractivity contribution >= 4 is 11.7 Å². The largest absolute Gasteiger partial charge is 0.478 e. The number of amides is 1. The molecule has 0 aliphatic rings. The minimum atomic E-state index is -0.171. The van der Waals surface area contributed by atoms with Gasteiger partial charge in [-0.05, 0) is 6.07 Å². The minimum Gasteiger partial charge on any atom is -0.478 e. The Morgan fingerprint density at radius 2 is 2.40 bits per heavy atom. The number of aliphatic hydroxyl groups excluding tert-OH is 1. The Kier molecular flexibility index (Phi) is 4.56. The number of nitrogens with one attached hydrogen (secondary N) is 1. The quantitative estimate of drug-likeness (QED) is 0.705. The molecule has 1 aromatic rings. The number of hydrogen-bond acceptors (Lipinski definition) is 4. The smallest absolute Gasteiger partial charge is 0.222 e. The molecule has 0 radical (unpaired) electrons. The molecule has 0 spiro atoms. The lowest BCUT2D eigenvalue weighted by Gasteiger charge is -2.06. The molecular formula is C10H14N2O3. The molecule has 15 heavy (non-hydrogen) atoms. The first kappa shape index (κ1) is 11.5. The molecule has 0 aliphatic carbocycles. The van der Waals surface area contributed by atoms with Crippen molar-refractivity contribution < 1.29 is 14.6 Å². The molecule has 0 saturated carbocycles. The number of rotatable bonds is 5. The Hall–Kier alpha value is -1.62. The van der Waals surface area contributed by atoms with Gasteiger partial charge in [-0.15, -0.1) is 0 Å². The van der Waals surface area contributed by atoms with Gasteiger partial charge in [-0.3, -0.25) is 4.79 Å². The molecule has 0 aromatic carbocycles. The third kappa shape index (κ3) is 4.42. The van der Waals surface area contributed by atoms with Gasteiger partial charge < -0.3 is 15.2 Å². The molecule has 2 N–H and O–H groups in total. The van der Waals surface area contributed by atoms with Gasteiger partial charge in [0.1, 0.15) is 5.82 Å². The van der Waals surface area contributed by atoms with Crippen LogP contribution in [0.25, 0.3) is 0 Å². The van der Waals surface area contributed by atoms with Crippen molar-refractivity contribution in [3.05, 3.63) is 18.2 Å². The van der Waals surface area contributed by atoms with E-state index in [2.05, 4.69) is 10.3 Å². The second-order valence-corrected chi connectivity index (χ2v) is 2.97. The molecule has 1 aromatic heterocycles. The maximum atomic E-state index is 10.8. The SMILES string of the molecule is CC(=O)Nc1cccc(OCCCO)n1. The van der Waals surface area contributed by atoms with Gasteiger partial charge >= 0.3 is 0 Å². The fourth-order valence-corrected chi connectivity index (χ4v) is 0.986. The van der Waals surface area contributed by atoms with E-state index in [-0.39, 0.29) is 12.5 Å². The van der Waals surface area contributed by atoms with Crippen LogP contribution in [0.5, 0.6) is 5.88 Å². The predicted octanol–water partition coefficient (Wildman–Crippen LogP) is 0.801. The van der Waals surface area contributed by atoms with E-state index in [4.69, 9.17) is 9.84 Å². The highest BCUT2D eigenvalue weighted by Crippen LogP contribution is 2.11. The number of nitrogens with zero attached hydrogens (tertiary/aromatic N) is 1. The molecule has 1 heterocycles. The molecule has 0 saturated heterocycles. The summed E-state index contributed by atoms with van der Waals surface area (Å²) in [6, 6.07) is 5.12. The number of aliphatic hydroxyl groups is 1. The highest BCUT2D eigenvalue weighted by atomic mass is 16.5. The van der Waals surface area contributed by atoms with Crippen LogP contribution in [0.15, 0.2) is 18.2 Å². The fourth-order valence-electron chi connectivity index (χ4n) is 0.986. The Morgan fingerprint density at radius 3 is 3.07 bits per heavy atom. The standard InChI is InChI=1S/C10H14N2O3/c1-8(14)11-9-4-2-5-10(12-9)15-7-3-6-13/h2,4-5,13H,3,6-7H2,1H3,(H,11,12,14). The topological polar surface area (TPSA) is 71.5 Å². The summed E-state index contributed by atoms with van der Waals surface area (Å²) < 4.78 is 5.25. The van der Waals surface area contributed by atoms with E-state index in [1.54, 1.807) is 18.2 Å². The first-order chi connectivity index (χ1) is 7.22. The maximum absolute atomic E-state index is 10.8. The van der Waals surface area contributed by atoms with Crippen LogP contribution < -0.4 is 10.1 Å². The van der Waals surface area contributed by atoms with Crippen LogP contribution in [-0.2, 0) is 4.79 Å². The first-order valence-corrected chi connectivity index (χ1v) is 4.70. The molecular weight excluding hydrogens is 196 g/mol. The van der Waals surface area contributed by atoms with E-state index in [9.17, 15) is 4.79 Å². The highest BCUT2D eigenvalue weighted by molar-refractivity contribution is 5.87. The van der Waals surface area contributed by atoms with Gasteiger partial charge in [0.25, 0.3) is 0 Å². The normalized spacial score (nSPS) is 9.73. The van der Waals surface area contributed by atoms with Crippen LogP contribution in [-0.4, -0.2) is 29.2 Å². The van der Waals surface area contributed by atoms with Crippen molar-refractivity contribution in [1.82, 2.24) is 4.98 Å². The van der Waals surface area contributed by atoms with Crippen molar-refractivity contribution in [3.63, 3.8) is 0 Å². The summed E-state index contributed by atoms with van der Waals surface area (Å²) in [6.45, 7) is 1.92. The monoisotopic (exact) mass is 210 g/mol. The molecule has 0 aliphatic heterocycles. The average Bonchev–Trinajstić information content (AvgIpc) is 2.18. The summed E-state index contributed by atoms with van der Waals surface area (Å²) in [5.41, 5.74) is 0. The van der Waals surface area contributed by atoms with E-state index in [1.165, 1.54) is 6.92 Å². The molecule has 82 valence electrons. The molecule has 5 heteroatoms. The third-order valence-electron chi connectivity index (χ3n) is 1.58. The second kappa shape index (κ2) is 5.98. The molecule has 0 unspecified atom stereocenters. The van der Waals surface area contributed by atoms with E-state index < -0.39 is 0 Å². The first-order valence-electron chi connectivity index (χ1n) is 4.70. The van der Waals surface area contributed by atoms with E-state index >= 15 is 0 Å².